The summed E-state index contributed by atoms with van der Waals surface area (Å²) in [6, 6.07) is 7.48. The number of fused-ring (bicyclic) bond motifs is 2. The molecule has 3 rings (SSSR count). The quantitative estimate of drug-likeness (QED) is 0.917. The van der Waals surface area contributed by atoms with Crippen molar-refractivity contribution in [1.82, 2.24) is 9.88 Å². The van der Waals surface area contributed by atoms with Crippen LogP contribution in [0.5, 0.6) is 0 Å². The average molecular weight is 270 g/mol. The molecule has 2 atom stereocenters. The van der Waals surface area contributed by atoms with E-state index in [-0.39, 0.29) is 0 Å². The highest BCUT2D eigenvalue weighted by Crippen LogP contribution is 2.37. The van der Waals surface area contributed by atoms with E-state index in [0.717, 1.165) is 30.1 Å². The Bertz CT molecular complexity index is 520. The van der Waals surface area contributed by atoms with Crippen LogP contribution in [0.25, 0.3) is 0 Å². The molecular formula is C16H22N4. The van der Waals surface area contributed by atoms with Crippen LogP contribution < -0.4 is 5.32 Å². The molecular weight excluding hydrogens is 248 g/mol. The largest absolute Gasteiger partial charge is 0.369 e. The first-order valence-electron chi connectivity index (χ1n) is 7.51. The van der Waals surface area contributed by atoms with Crippen molar-refractivity contribution in [2.45, 2.75) is 44.7 Å². The van der Waals surface area contributed by atoms with Crippen molar-refractivity contribution < 1.29 is 0 Å². The second-order valence-electron chi connectivity index (χ2n) is 6.23. The number of rotatable bonds is 3. The molecule has 1 aromatic heterocycles. The predicted octanol–water partition coefficient (Wildman–Crippen LogP) is 2.55. The molecule has 4 heteroatoms. The summed E-state index contributed by atoms with van der Waals surface area (Å²) in [4.78, 5) is 7.01. The second-order valence-corrected chi connectivity index (χ2v) is 6.23. The first-order chi connectivity index (χ1) is 9.67. The van der Waals surface area contributed by atoms with Gasteiger partial charge in [0.1, 0.15) is 11.9 Å². The van der Waals surface area contributed by atoms with Gasteiger partial charge in [0.15, 0.2) is 0 Å². The van der Waals surface area contributed by atoms with Gasteiger partial charge in [-0.3, -0.25) is 0 Å². The number of nitriles is 1. The van der Waals surface area contributed by atoms with Gasteiger partial charge >= 0.3 is 0 Å². The Morgan fingerprint density at radius 3 is 2.70 bits per heavy atom. The summed E-state index contributed by atoms with van der Waals surface area (Å²) in [7, 11) is 2.27. The van der Waals surface area contributed by atoms with E-state index in [2.05, 4.69) is 28.3 Å². The Labute approximate surface area is 120 Å². The van der Waals surface area contributed by atoms with Crippen molar-refractivity contribution in [2.24, 2.45) is 5.92 Å². The maximum absolute atomic E-state index is 9.14. The van der Waals surface area contributed by atoms with Gasteiger partial charge in [-0.1, -0.05) is 0 Å². The molecule has 1 N–H and O–H groups in total. The summed E-state index contributed by atoms with van der Waals surface area (Å²) in [6.07, 6.45) is 5.25. The molecule has 0 amide bonds. The summed E-state index contributed by atoms with van der Waals surface area (Å²) < 4.78 is 0. The number of hydrogen-bond acceptors (Lipinski definition) is 4. The second kappa shape index (κ2) is 5.41. The van der Waals surface area contributed by atoms with E-state index in [4.69, 9.17) is 5.26 Å². The number of nitrogens with one attached hydrogen (secondary N) is 1. The lowest BCUT2D eigenvalue weighted by atomic mass is 9.91. The highest BCUT2D eigenvalue weighted by Gasteiger charge is 2.38. The molecule has 2 saturated heterocycles. The van der Waals surface area contributed by atoms with E-state index in [1.54, 1.807) is 0 Å². The minimum absolute atomic E-state index is 0.645. The van der Waals surface area contributed by atoms with Crippen LogP contribution in [0.15, 0.2) is 12.1 Å². The lowest BCUT2D eigenvalue weighted by Gasteiger charge is -2.36. The number of hydrogen-bond donors (Lipinski definition) is 1. The van der Waals surface area contributed by atoms with Gasteiger partial charge in [-0.15, -0.1) is 0 Å². The topological polar surface area (TPSA) is 52.0 Å². The number of anilines is 1. The monoisotopic (exact) mass is 270 g/mol. The molecule has 2 fully saturated rings. The van der Waals surface area contributed by atoms with Gasteiger partial charge in [0.05, 0.1) is 5.56 Å². The fourth-order valence-electron chi connectivity index (χ4n) is 3.71. The van der Waals surface area contributed by atoms with Gasteiger partial charge in [-0.2, -0.15) is 5.26 Å². The van der Waals surface area contributed by atoms with Crippen molar-refractivity contribution in [1.29, 1.82) is 5.26 Å². The molecule has 0 aromatic carbocycles. The van der Waals surface area contributed by atoms with Crippen LogP contribution in [-0.4, -0.2) is 35.6 Å². The first kappa shape index (κ1) is 13.4. The van der Waals surface area contributed by atoms with Crippen LogP contribution in [0.3, 0.4) is 0 Å². The van der Waals surface area contributed by atoms with Crippen molar-refractivity contribution in [3.8, 4) is 6.07 Å². The maximum atomic E-state index is 9.14. The number of aryl methyl sites for hydroxylation is 1. The molecule has 20 heavy (non-hydrogen) atoms. The summed E-state index contributed by atoms with van der Waals surface area (Å²) in [5.41, 5.74) is 1.60. The summed E-state index contributed by atoms with van der Waals surface area (Å²) in [5.74, 6) is 1.45. The van der Waals surface area contributed by atoms with Crippen LogP contribution in [-0.2, 0) is 0 Å². The lowest BCUT2D eigenvalue weighted by molar-refractivity contribution is 0.139. The van der Waals surface area contributed by atoms with Crippen LogP contribution in [0.4, 0.5) is 5.82 Å². The lowest BCUT2D eigenvalue weighted by Crippen LogP contribution is -2.41. The molecule has 0 aliphatic carbocycles. The summed E-state index contributed by atoms with van der Waals surface area (Å²) >= 11 is 0. The highest BCUT2D eigenvalue weighted by atomic mass is 15.2. The molecule has 0 radical (unpaired) electrons. The Morgan fingerprint density at radius 1 is 1.35 bits per heavy atom. The zero-order chi connectivity index (χ0) is 14.1. The molecule has 1 aromatic rings. The Balaban J connectivity index is 1.63. The van der Waals surface area contributed by atoms with Gasteiger partial charge in [0.2, 0.25) is 0 Å². The number of pyridine rings is 1. The molecule has 0 spiro atoms. The summed E-state index contributed by atoms with van der Waals surface area (Å²) in [6.45, 7) is 2.90. The van der Waals surface area contributed by atoms with Crippen molar-refractivity contribution in [3.05, 3.63) is 23.4 Å². The van der Waals surface area contributed by atoms with E-state index in [1.165, 1.54) is 25.7 Å². The van der Waals surface area contributed by atoms with E-state index >= 15 is 0 Å². The molecule has 2 aliphatic rings. The molecule has 4 nitrogen and oxygen atoms in total. The fourth-order valence-corrected chi connectivity index (χ4v) is 3.71. The summed E-state index contributed by atoms with van der Waals surface area (Å²) in [5, 5.41) is 12.5. The third-order valence-electron chi connectivity index (χ3n) is 4.91. The molecule has 2 aliphatic heterocycles. The molecule has 2 unspecified atom stereocenters. The molecule has 2 bridgehead atoms. The van der Waals surface area contributed by atoms with Crippen molar-refractivity contribution in [2.75, 3.05) is 18.9 Å². The van der Waals surface area contributed by atoms with E-state index in [9.17, 15) is 0 Å². The minimum Gasteiger partial charge on any atom is -0.369 e. The first-order valence-corrected chi connectivity index (χ1v) is 7.51. The van der Waals surface area contributed by atoms with Gasteiger partial charge in [0.25, 0.3) is 0 Å². The fraction of sp³-hybridized carbons (Fsp3) is 0.625. The minimum atomic E-state index is 0.645. The van der Waals surface area contributed by atoms with E-state index in [1.807, 2.05) is 19.1 Å². The van der Waals surface area contributed by atoms with E-state index in [0.29, 0.717) is 11.5 Å². The maximum Gasteiger partial charge on any atom is 0.144 e. The number of piperidine rings is 1. The SMILES string of the molecule is Cc1ccc(C#N)c(NCC2CC3CCC(C2)N3C)n1. The van der Waals surface area contributed by atoms with Gasteiger partial charge in [0, 0.05) is 24.3 Å². The standard InChI is InChI=1S/C16H22N4/c1-11-3-4-13(9-17)16(19-11)18-10-12-7-14-5-6-15(8-12)20(14)2/h3-4,12,14-15H,5-8,10H2,1-2H3,(H,18,19). The van der Waals surface area contributed by atoms with Crippen LogP contribution in [0.1, 0.15) is 36.9 Å². The zero-order valence-electron chi connectivity index (χ0n) is 12.3. The normalized spacial score (nSPS) is 29.1. The smallest absolute Gasteiger partial charge is 0.144 e. The third-order valence-corrected chi connectivity index (χ3v) is 4.91. The predicted molar refractivity (Wildman–Crippen MR) is 79.5 cm³/mol. The number of aromatic nitrogens is 1. The zero-order valence-corrected chi connectivity index (χ0v) is 12.3. The van der Waals surface area contributed by atoms with Gasteiger partial charge < -0.3 is 10.2 Å². The van der Waals surface area contributed by atoms with Crippen molar-refractivity contribution in [3.63, 3.8) is 0 Å². The molecule has 0 saturated carbocycles. The Kier molecular flexibility index (Phi) is 3.62. The van der Waals surface area contributed by atoms with Gasteiger partial charge in [-0.05, 0) is 57.7 Å². The molecule has 3 heterocycles. The van der Waals surface area contributed by atoms with Crippen LogP contribution >= 0.6 is 0 Å². The Morgan fingerprint density at radius 2 is 2.05 bits per heavy atom. The third kappa shape index (κ3) is 2.51. The van der Waals surface area contributed by atoms with Crippen molar-refractivity contribution >= 4 is 5.82 Å². The van der Waals surface area contributed by atoms with Crippen LogP contribution in [0.2, 0.25) is 0 Å². The van der Waals surface area contributed by atoms with Gasteiger partial charge in [-0.25, -0.2) is 4.98 Å². The van der Waals surface area contributed by atoms with E-state index < -0.39 is 0 Å². The molecule has 106 valence electrons. The number of nitrogens with zero attached hydrogens (tertiary/aromatic N) is 3. The van der Waals surface area contributed by atoms with Crippen LogP contribution in [0, 0.1) is 24.2 Å². The average Bonchev–Trinajstić information content (AvgIpc) is 2.66. The highest BCUT2D eigenvalue weighted by molar-refractivity contribution is 5.52. The Hall–Kier alpha value is -1.60.